The third-order valence-electron chi connectivity index (χ3n) is 2.58. The monoisotopic (exact) mass is 234 g/mol. The van der Waals surface area contributed by atoms with E-state index in [1.54, 1.807) is 31.6 Å². The van der Waals surface area contributed by atoms with Gasteiger partial charge in [-0.15, -0.1) is 0 Å². The van der Waals surface area contributed by atoms with Crippen LogP contribution in [0.5, 0.6) is 0 Å². The standard InChI is InChI=1S/C13H12F2N2/c1-16-13(10-3-2-6-17-8-10)9-4-5-11(14)12(15)7-9/h2-8,13,16H,1H3. The second-order valence-electron chi connectivity index (χ2n) is 3.68. The highest BCUT2D eigenvalue weighted by Crippen LogP contribution is 2.22. The van der Waals surface area contributed by atoms with E-state index >= 15 is 0 Å². The number of benzene rings is 1. The number of pyridine rings is 1. The normalized spacial score (nSPS) is 12.4. The summed E-state index contributed by atoms with van der Waals surface area (Å²) in [5.74, 6) is -1.68. The fourth-order valence-corrected chi connectivity index (χ4v) is 1.76. The number of rotatable bonds is 3. The molecule has 0 fully saturated rings. The second-order valence-corrected chi connectivity index (χ2v) is 3.68. The molecule has 1 aromatic heterocycles. The highest BCUT2D eigenvalue weighted by Gasteiger charge is 2.13. The first kappa shape index (κ1) is 11.7. The fourth-order valence-electron chi connectivity index (χ4n) is 1.76. The van der Waals surface area contributed by atoms with Gasteiger partial charge < -0.3 is 5.32 Å². The first-order valence-electron chi connectivity index (χ1n) is 5.24. The number of hydrogen-bond acceptors (Lipinski definition) is 2. The van der Waals surface area contributed by atoms with Crippen LogP contribution < -0.4 is 5.32 Å². The molecular weight excluding hydrogens is 222 g/mol. The Morgan fingerprint density at radius 2 is 1.94 bits per heavy atom. The third-order valence-corrected chi connectivity index (χ3v) is 2.58. The number of nitrogens with zero attached hydrogens (tertiary/aromatic N) is 1. The number of aromatic nitrogens is 1. The molecule has 1 unspecified atom stereocenters. The van der Waals surface area contributed by atoms with E-state index in [0.717, 1.165) is 11.6 Å². The lowest BCUT2D eigenvalue weighted by Crippen LogP contribution is -2.18. The van der Waals surface area contributed by atoms with Gasteiger partial charge in [-0.2, -0.15) is 0 Å². The highest BCUT2D eigenvalue weighted by molar-refractivity contribution is 5.30. The van der Waals surface area contributed by atoms with Crippen molar-refractivity contribution in [2.75, 3.05) is 7.05 Å². The van der Waals surface area contributed by atoms with Gasteiger partial charge in [0.25, 0.3) is 0 Å². The van der Waals surface area contributed by atoms with E-state index < -0.39 is 11.6 Å². The predicted octanol–water partition coefficient (Wildman–Crippen LogP) is 2.67. The molecule has 0 aliphatic carbocycles. The van der Waals surface area contributed by atoms with Crippen LogP contribution in [-0.2, 0) is 0 Å². The van der Waals surface area contributed by atoms with Gasteiger partial charge in [-0.25, -0.2) is 8.78 Å². The zero-order chi connectivity index (χ0) is 12.3. The summed E-state index contributed by atoms with van der Waals surface area (Å²) in [4.78, 5) is 4.01. The molecule has 0 radical (unpaired) electrons. The molecule has 0 aliphatic rings. The Kier molecular flexibility index (Phi) is 3.44. The van der Waals surface area contributed by atoms with Crippen LogP contribution in [0, 0.1) is 11.6 Å². The molecule has 2 rings (SSSR count). The van der Waals surface area contributed by atoms with E-state index in [0.29, 0.717) is 5.56 Å². The minimum absolute atomic E-state index is 0.196. The largest absolute Gasteiger partial charge is 0.309 e. The number of hydrogen-bond donors (Lipinski definition) is 1. The van der Waals surface area contributed by atoms with Gasteiger partial charge in [0.1, 0.15) is 0 Å². The molecular formula is C13H12F2N2. The first-order chi connectivity index (χ1) is 8.22. The Balaban J connectivity index is 2.39. The van der Waals surface area contributed by atoms with Crippen LogP contribution in [-0.4, -0.2) is 12.0 Å². The lowest BCUT2D eigenvalue weighted by Gasteiger charge is -2.16. The van der Waals surface area contributed by atoms with Crippen molar-refractivity contribution in [3.8, 4) is 0 Å². The maximum Gasteiger partial charge on any atom is 0.159 e. The maximum absolute atomic E-state index is 13.2. The van der Waals surface area contributed by atoms with Crippen molar-refractivity contribution in [3.05, 3.63) is 65.5 Å². The summed E-state index contributed by atoms with van der Waals surface area (Å²) in [7, 11) is 1.76. The van der Waals surface area contributed by atoms with Crippen molar-refractivity contribution >= 4 is 0 Å². The number of nitrogens with one attached hydrogen (secondary N) is 1. The smallest absolute Gasteiger partial charge is 0.159 e. The third kappa shape index (κ3) is 2.47. The molecule has 4 heteroatoms. The minimum atomic E-state index is -0.841. The Hall–Kier alpha value is -1.81. The molecule has 1 atom stereocenters. The highest BCUT2D eigenvalue weighted by atomic mass is 19.2. The first-order valence-corrected chi connectivity index (χ1v) is 5.24. The fraction of sp³-hybridized carbons (Fsp3) is 0.154. The van der Waals surface area contributed by atoms with E-state index in [1.165, 1.54) is 6.07 Å². The van der Waals surface area contributed by atoms with Crippen LogP contribution in [0.15, 0.2) is 42.7 Å². The van der Waals surface area contributed by atoms with Gasteiger partial charge in [0.15, 0.2) is 11.6 Å². The van der Waals surface area contributed by atoms with E-state index in [9.17, 15) is 8.78 Å². The molecule has 1 N–H and O–H groups in total. The van der Waals surface area contributed by atoms with Gasteiger partial charge in [0.05, 0.1) is 6.04 Å². The van der Waals surface area contributed by atoms with Gasteiger partial charge in [0.2, 0.25) is 0 Å². The molecule has 17 heavy (non-hydrogen) atoms. The van der Waals surface area contributed by atoms with Crippen molar-refractivity contribution in [1.82, 2.24) is 10.3 Å². The van der Waals surface area contributed by atoms with Gasteiger partial charge in [-0.1, -0.05) is 12.1 Å². The molecule has 88 valence electrons. The topological polar surface area (TPSA) is 24.9 Å². The molecule has 0 aliphatic heterocycles. The van der Waals surface area contributed by atoms with Crippen molar-refractivity contribution in [2.45, 2.75) is 6.04 Å². The summed E-state index contributed by atoms with van der Waals surface area (Å²) in [6.07, 6.45) is 3.36. The van der Waals surface area contributed by atoms with Gasteiger partial charge in [0, 0.05) is 12.4 Å². The van der Waals surface area contributed by atoms with Crippen LogP contribution >= 0.6 is 0 Å². The summed E-state index contributed by atoms with van der Waals surface area (Å²) < 4.78 is 26.0. The SMILES string of the molecule is CNC(c1cccnc1)c1ccc(F)c(F)c1. The van der Waals surface area contributed by atoms with E-state index in [-0.39, 0.29) is 6.04 Å². The predicted molar refractivity (Wildman–Crippen MR) is 61.5 cm³/mol. The summed E-state index contributed by atoms with van der Waals surface area (Å²) in [5, 5.41) is 3.05. The summed E-state index contributed by atoms with van der Waals surface area (Å²) in [6, 6.07) is 7.38. The van der Waals surface area contributed by atoms with E-state index in [4.69, 9.17) is 0 Å². The van der Waals surface area contributed by atoms with Gasteiger partial charge in [-0.05, 0) is 36.4 Å². The molecule has 1 heterocycles. The van der Waals surface area contributed by atoms with Crippen LogP contribution in [0.3, 0.4) is 0 Å². The van der Waals surface area contributed by atoms with Gasteiger partial charge >= 0.3 is 0 Å². The minimum Gasteiger partial charge on any atom is -0.309 e. The maximum atomic E-state index is 13.2. The molecule has 2 nitrogen and oxygen atoms in total. The zero-order valence-corrected chi connectivity index (χ0v) is 9.32. The molecule has 0 saturated heterocycles. The van der Waals surface area contributed by atoms with Crippen molar-refractivity contribution < 1.29 is 8.78 Å². The Morgan fingerprint density at radius 3 is 2.53 bits per heavy atom. The van der Waals surface area contributed by atoms with Crippen LogP contribution in [0.1, 0.15) is 17.2 Å². The van der Waals surface area contributed by atoms with Crippen LogP contribution in [0.2, 0.25) is 0 Å². The molecule has 0 spiro atoms. The van der Waals surface area contributed by atoms with Crippen molar-refractivity contribution in [1.29, 1.82) is 0 Å². The summed E-state index contributed by atoms with van der Waals surface area (Å²) >= 11 is 0. The van der Waals surface area contributed by atoms with E-state index in [1.807, 2.05) is 6.07 Å². The Labute approximate surface area is 98.3 Å². The molecule has 0 amide bonds. The summed E-state index contributed by atoms with van der Waals surface area (Å²) in [5.41, 5.74) is 1.57. The van der Waals surface area contributed by atoms with Crippen LogP contribution in [0.25, 0.3) is 0 Å². The lowest BCUT2D eigenvalue weighted by molar-refractivity contribution is 0.505. The molecule has 0 bridgehead atoms. The Bertz CT molecular complexity index is 500. The van der Waals surface area contributed by atoms with Crippen molar-refractivity contribution in [2.24, 2.45) is 0 Å². The van der Waals surface area contributed by atoms with Crippen LogP contribution in [0.4, 0.5) is 8.78 Å². The average molecular weight is 234 g/mol. The second kappa shape index (κ2) is 5.01. The van der Waals surface area contributed by atoms with E-state index in [2.05, 4.69) is 10.3 Å². The quantitative estimate of drug-likeness (QED) is 0.883. The molecule has 0 saturated carbocycles. The Morgan fingerprint density at radius 1 is 1.12 bits per heavy atom. The number of halogens is 2. The zero-order valence-electron chi connectivity index (χ0n) is 9.32. The summed E-state index contributed by atoms with van der Waals surface area (Å²) in [6.45, 7) is 0. The molecule has 1 aromatic carbocycles. The van der Waals surface area contributed by atoms with Gasteiger partial charge in [-0.3, -0.25) is 4.98 Å². The van der Waals surface area contributed by atoms with Crippen molar-refractivity contribution in [3.63, 3.8) is 0 Å². The average Bonchev–Trinajstić information content (AvgIpc) is 2.36. The molecule has 2 aromatic rings. The lowest BCUT2D eigenvalue weighted by atomic mass is 10.0.